The Balaban J connectivity index is 1.68. The molecule has 0 bridgehead atoms. The molecule has 0 radical (unpaired) electrons. The molecule has 1 fully saturated rings. The Bertz CT molecular complexity index is 1080. The fourth-order valence-corrected chi connectivity index (χ4v) is 4.25. The third-order valence-corrected chi connectivity index (χ3v) is 5.58. The molecule has 0 N–H and O–H groups in total. The van der Waals surface area contributed by atoms with Crippen molar-refractivity contribution in [3.63, 3.8) is 0 Å². The number of ether oxygens (including phenoxy) is 1. The van der Waals surface area contributed by atoms with E-state index in [4.69, 9.17) is 19.1 Å². The van der Waals surface area contributed by atoms with Crippen LogP contribution in [0.2, 0.25) is 0 Å². The molecule has 6 nitrogen and oxygen atoms in total. The van der Waals surface area contributed by atoms with Crippen LogP contribution >= 0.6 is 11.3 Å². The zero-order valence-electron chi connectivity index (χ0n) is 15.7. The highest BCUT2D eigenvalue weighted by atomic mass is 32.1. The molecule has 5 rings (SSSR count). The predicted molar refractivity (Wildman–Crippen MR) is 111 cm³/mol. The van der Waals surface area contributed by atoms with Gasteiger partial charge in [0.05, 0.1) is 17.1 Å². The maximum Gasteiger partial charge on any atom is 0.229 e. The molecule has 0 aliphatic carbocycles. The van der Waals surface area contributed by atoms with Gasteiger partial charge in [0.15, 0.2) is 11.6 Å². The quantitative estimate of drug-likeness (QED) is 0.507. The maximum atomic E-state index is 6.17. The summed E-state index contributed by atoms with van der Waals surface area (Å²) in [6, 6.07) is 13.9. The van der Waals surface area contributed by atoms with Crippen molar-refractivity contribution in [1.29, 1.82) is 0 Å². The number of thiophene rings is 1. The Morgan fingerprint density at radius 1 is 0.964 bits per heavy atom. The van der Waals surface area contributed by atoms with Crippen LogP contribution in [-0.2, 0) is 4.74 Å². The summed E-state index contributed by atoms with van der Waals surface area (Å²) in [5.74, 6) is 2.02. The van der Waals surface area contributed by atoms with E-state index >= 15 is 0 Å². The lowest BCUT2D eigenvalue weighted by Gasteiger charge is -2.35. The van der Waals surface area contributed by atoms with E-state index in [1.165, 1.54) is 0 Å². The van der Waals surface area contributed by atoms with E-state index in [0.717, 1.165) is 29.3 Å². The van der Waals surface area contributed by atoms with Crippen LogP contribution in [0, 0.1) is 0 Å². The minimum absolute atomic E-state index is 0.121. The number of fused-ring (bicyclic) bond motifs is 1. The standard InChI is InChI=1S/C21H20N4O2S/c1-13-11-25(12-14(2)26-13)20-17-19(22-18(23-20)16-9-6-10-28-16)24-21(27-17)15-7-4-3-5-8-15/h3-10,13-14H,11-12H2,1-2H3/t13-,14-/m1/s1. The van der Waals surface area contributed by atoms with E-state index < -0.39 is 0 Å². The van der Waals surface area contributed by atoms with Crippen LogP contribution in [0.5, 0.6) is 0 Å². The van der Waals surface area contributed by atoms with Crippen molar-refractivity contribution >= 4 is 28.4 Å². The van der Waals surface area contributed by atoms with E-state index in [-0.39, 0.29) is 12.2 Å². The summed E-state index contributed by atoms with van der Waals surface area (Å²) >= 11 is 1.62. The number of hydrogen-bond donors (Lipinski definition) is 0. The Labute approximate surface area is 166 Å². The minimum atomic E-state index is 0.121. The van der Waals surface area contributed by atoms with Crippen LogP contribution < -0.4 is 4.90 Å². The number of rotatable bonds is 3. The molecule has 1 aliphatic rings. The van der Waals surface area contributed by atoms with Crippen LogP contribution in [0.3, 0.4) is 0 Å². The number of anilines is 1. The Kier molecular flexibility index (Phi) is 4.33. The van der Waals surface area contributed by atoms with Gasteiger partial charge in [0.25, 0.3) is 0 Å². The fourth-order valence-electron chi connectivity index (χ4n) is 3.60. The van der Waals surface area contributed by atoms with Gasteiger partial charge >= 0.3 is 0 Å². The Hall–Kier alpha value is -2.77. The lowest BCUT2D eigenvalue weighted by molar-refractivity contribution is -0.00541. The van der Waals surface area contributed by atoms with Crippen molar-refractivity contribution in [2.24, 2.45) is 0 Å². The summed E-state index contributed by atoms with van der Waals surface area (Å²) in [6.45, 7) is 5.66. The molecule has 7 heteroatoms. The van der Waals surface area contributed by atoms with Crippen LogP contribution in [0.4, 0.5) is 5.82 Å². The first-order chi connectivity index (χ1) is 13.7. The number of aromatic nitrogens is 3. The molecule has 0 amide bonds. The third kappa shape index (κ3) is 3.16. The maximum absolute atomic E-state index is 6.17. The van der Waals surface area contributed by atoms with Crippen molar-refractivity contribution in [3.05, 3.63) is 47.8 Å². The van der Waals surface area contributed by atoms with Gasteiger partial charge in [-0.15, -0.1) is 11.3 Å². The van der Waals surface area contributed by atoms with Crippen molar-refractivity contribution in [1.82, 2.24) is 15.0 Å². The first-order valence-electron chi connectivity index (χ1n) is 9.35. The Morgan fingerprint density at radius 2 is 1.75 bits per heavy atom. The number of benzene rings is 1. The number of nitrogens with zero attached hydrogens (tertiary/aromatic N) is 4. The van der Waals surface area contributed by atoms with Crippen molar-refractivity contribution in [3.8, 4) is 22.2 Å². The normalized spacial score (nSPS) is 20.0. The summed E-state index contributed by atoms with van der Waals surface area (Å²) in [7, 11) is 0. The van der Waals surface area contributed by atoms with E-state index in [9.17, 15) is 0 Å². The highest BCUT2D eigenvalue weighted by molar-refractivity contribution is 7.13. The predicted octanol–water partition coefficient (Wildman–Crippen LogP) is 4.63. The van der Waals surface area contributed by atoms with Crippen molar-refractivity contribution in [2.75, 3.05) is 18.0 Å². The van der Waals surface area contributed by atoms with Gasteiger partial charge in [0.2, 0.25) is 17.1 Å². The summed E-state index contributed by atoms with van der Waals surface area (Å²) in [5.41, 5.74) is 2.13. The fraction of sp³-hybridized carbons (Fsp3) is 0.286. The largest absolute Gasteiger partial charge is 0.430 e. The monoisotopic (exact) mass is 392 g/mol. The second-order valence-corrected chi connectivity index (χ2v) is 8.00. The lowest BCUT2D eigenvalue weighted by atomic mass is 10.2. The van der Waals surface area contributed by atoms with Gasteiger partial charge < -0.3 is 14.1 Å². The zero-order valence-corrected chi connectivity index (χ0v) is 16.5. The van der Waals surface area contributed by atoms with Crippen LogP contribution in [0.25, 0.3) is 33.4 Å². The van der Waals surface area contributed by atoms with E-state index in [0.29, 0.717) is 22.9 Å². The molecule has 4 aromatic rings. The molecule has 1 saturated heterocycles. The summed E-state index contributed by atoms with van der Waals surface area (Å²) < 4.78 is 12.1. The smallest absolute Gasteiger partial charge is 0.229 e. The summed E-state index contributed by atoms with van der Waals surface area (Å²) in [4.78, 5) is 17.5. The molecule has 1 aromatic carbocycles. The van der Waals surface area contributed by atoms with E-state index in [1.807, 2.05) is 47.8 Å². The van der Waals surface area contributed by atoms with Crippen molar-refractivity contribution < 1.29 is 9.15 Å². The van der Waals surface area contributed by atoms with Gasteiger partial charge in [-0.05, 0) is 37.4 Å². The first kappa shape index (κ1) is 17.3. The molecule has 4 heterocycles. The van der Waals surface area contributed by atoms with E-state index in [2.05, 4.69) is 23.7 Å². The highest BCUT2D eigenvalue weighted by Crippen LogP contribution is 2.33. The SMILES string of the molecule is C[C@@H]1CN(c2nc(-c3cccs3)nc3nc(-c4ccccc4)oc23)C[C@@H](C)O1. The number of oxazole rings is 1. The van der Waals surface area contributed by atoms with Gasteiger partial charge in [-0.25, -0.2) is 9.97 Å². The summed E-state index contributed by atoms with van der Waals surface area (Å²) in [5, 5.41) is 2.03. The topological polar surface area (TPSA) is 64.3 Å². The molecule has 0 spiro atoms. The van der Waals surface area contributed by atoms with Gasteiger partial charge in [-0.3, -0.25) is 0 Å². The lowest BCUT2D eigenvalue weighted by Crippen LogP contribution is -2.46. The number of morpholine rings is 1. The van der Waals surface area contributed by atoms with E-state index in [1.54, 1.807) is 11.3 Å². The number of hydrogen-bond acceptors (Lipinski definition) is 7. The third-order valence-electron chi connectivity index (χ3n) is 4.72. The molecule has 2 atom stereocenters. The zero-order chi connectivity index (χ0) is 19.1. The molecule has 3 aromatic heterocycles. The second-order valence-electron chi connectivity index (χ2n) is 7.05. The Morgan fingerprint density at radius 3 is 2.46 bits per heavy atom. The molecule has 1 aliphatic heterocycles. The average molecular weight is 392 g/mol. The first-order valence-corrected chi connectivity index (χ1v) is 10.2. The van der Waals surface area contributed by atoms with Crippen LogP contribution in [0.1, 0.15) is 13.8 Å². The molecule has 28 heavy (non-hydrogen) atoms. The summed E-state index contributed by atoms with van der Waals surface area (Å²) in [6.07, 6.45) is 0.242. The molecule has 0 unspecified atom stereocenters. The van der Waals surface area contributed by atoms with Crippen LogP contribution in [0.15, 0.2) is 52.3 Å². The highest BCUT2D eigenvalue weighted by Gasteiger charge is 2.28. The van der Waals surface area contributed by atoms with Gasteiger partial charge in [-0.2, -0.15) is 4.98 Å². The van der Waals surface area contributed by atoms with Gasteiger partial charge in [0, 0.05) is 18.7 Å². The van der Waals surface area contributed by atoms with Crippen molar-refractivity contribution in [2.45, 2.75) is 26.1 Å². The van der Waals surface area contributed by atoms with Gasteiger partial charge in [-0.1, -0.05) is 24.3 Å². The molecule has 0 saturated carbocycles. The molecular formula is C21H20N4O2S. The molecular weight excluding hydrogens is 372 g/mol. The van der Waals surface area contributed by atoms with Gasteiger partial charge in [0.1, 0.15) is 0 Å². The second kappa shape index (κ2) is 7.00. The minimum Gasteiger partial charge on any atom is -0.430 e. The van der Waals surface area contributed by atoms with Crippen LogP contribution in [-0.4, -0.2) is 40.2 Å². The molecule has 142 valence electrons. The average Bonchev–Trinajstić information content (AvgIpc) is 3.37.